The topological polar surface area (TPSA) is 108 Å². The number of carbonyl (C=O) groups is 1. The summed E-state index contributed by atoms with van der Waals surface area (Å²) in [4.78, 5) is 30.9. The Hall–Kier alpha value is -4.00. The van der Waals surface area contributed by atoms with E-state index in [0.29, 0.717) is 46.6 Å². The van der Waals surface area contributed by atoms with Crippen molar-refractivity contribution in [3.8, 4) is 23.3 Å². The van der Waals surface area contributed by atoms with Crippen LogP contribution in [0.3, 0.4) is 0 Å². The normalized spacial score (nSPS) is 21.2. The molecule has 3 aliphatic heterocycles. The standard InChI is InChI=1S/C35H35F2IN7O3/c1-22-6-2-7-23-8-3-9-27(30(22)23)32-31(37)33-28(17-40-32)34(45-18-24(11-13-39)44(21-38-45)29(46)10-4-12-36)42-35(41-33)47-15-5-14-43-19-26-16-25(43)20-48-26/h2-4,6-10,17,24-26H,5,11-12,14-16,18-21H2,1H3/q-1/b10-4+/t24-,25-,26-/m0/s1. The molecule has 48 heavy (non-hydrogen) atoms. The van der Waals surface area contributed by atoms with Gasteiger partial charge in [-0.2, -0.15) is 0 Å². The molecule has 3 aliphatic rings. The van der Waals surface area contributed by atoms with Gasteiger partial charge in [-0.15, -0.1) is 0 Å². The number of halogens is 3. The molecule has 0 N–H and O–H groups in total. The van der Waals surface area contributed by atoms with E-state index in [1.54, 1.807) is 11.1 Å². The molecular weight excluding hydrogens is 731 g/mol. The zero-order valence-corrected chi connectivity index (χ0v) is 28.6. The average molecular weight is 767 g/mol. The fourth-order valence-corrected chi connectivity index (χ4v) is 9.84. The maximum atomic E-state index is 16.7. The van der Waals surface area contributed by atoms with Crippen molar-refractivity contribution >= 4 is 33.4 Å². The van der Waals surface area contributed by atoms with Crippen LogP contribution >= 0.6 is 0 Å². The third kappa shape index (κ3) is 6.40. The number of carbonyl (C=O) groups excluding carboxylic acids is 1. The summed E-state index contributed by atoms with van der Waals surface area (Å²) in [6.45, 7) is 4.49. The van der Waals surface area contributed by atoms with Crippen LogP contribution in [0.1, 0.15) is 24.8 Å². The van der Waals surface area contributed by atoms with Crippen molar-refractivity contribution in [2.24, 2.45) is 0 Å². The van der Waals surface area contributed by atoms with Crippen molar-refractivity contribution in [3.63, 3.8) is 0 Å². The Labute approximate surface area is 288 Å². The molecule has 10 nitrogen and oxygen atoms in total. The van der Waals surface area contributed by atoms with E-state index in [-0.39, 0.29) is 29.5 Å². The second-order valence-corrected chi connectivity index (χ2v) is 14.7. The predicted molar refractivity (Wildman–Crippen MR) is 173 cm³/mol. The van der Waals surface area contributed by atoms with Gasteiger partial charge in [0.1, 0.15) is 0 Å². The number of ether oxygens (including phenoxy) is 2. The van der Waals surface area contributed by atoms with Crippen molar-refractivity contribution in [2.75, 3.05) is 47.2 Å². The number of alkyl halides is 2. The molecule has 4 aromatic rings. The van der Waals surface area contributed by atoms with Gasteiger partial charge in [-0.05, 0) is 0 Å². The maximum absolute atomic E-state index is 16.7. The summed E-state index contributed by atoms with van der Waals surface area (Å²) in [7, 11) is 0. The van der Waals surface area contributed by atoms with Gasteiger partial charge < -0.3 is 0 Å². The molecule has 0 aliphatic carbocycles. The summed E-state index contributed by atoms with van der Waals surface area (Å²) in [6.07, 6.45) is 6.23. The minimum atomic E-state index is -0.876. The summed E-state index contributed by atoms with van der Waals surface area (Å²) in [5.41, 5.74) is 1.98. The molecule has 3 fully saturated rings. The number of likely N-dealkylation sites (tertiary alicyclic amines) is 1. The Morgan fingerprint density at radius 2 is 2.08 bits per heavy atom. The Balaban J connectivity index is 1.23. The number of anilines is 1. The molecule has 1 amide bonds. The Morgan fingerprint density at radius 3 is 2.85 bits per heavy atom. The Bertz CT molecular complexity index is 1920. The molecule has 2 aromatic heterocycles. The number of aryl methyl sites for hydroxylation is 1. The summed E-state index contributed by atoms with van der Waals surface area (Å²) in [6, 6.07) is 14.0. The van der Waals surface area contributed by atoms with Crippen molar-refractivity contribution in [2.45, 2.75) is 44.4 Å². The number of pyridine rings is 1. The molecule has 3 saturated heterocycles. The number of morpholine rings is 1. The number of aromatic nitrogens is 3. The molecule has 13 heteroatoms. The number of fused-ring (bicyclic) bond motifs is 4. The molecule has 2 aromatic carbocycles. The first-order valence-electron chi connectivity index (χ1n) is 16.1. The molecule has 250 valence electrons. The average Bonchev–Trinajstić information content (AvgIpc) is 3.73. The van der Waals surface area contributed by atoms with Crippen LogP contribution in [0.4, 0.5) is 14.6 Å². The summed E-state index contributed by atoms with van der Waals surface area (Å²) in [5, 5.41) is 11.9. The second-order valence-electron chi connectivity index (χ2n) is 12.2. The number of amides is 1. The first-order chi connectivity index (χ1) is 23.4. The third-order valence-corrected chi connectivity index (χ3v) is 11.9. The van der Waals surface area contributed by atoms with Gasteiger partial charge in [0.2, 0.25) is 0 Å². The van der Waals surface area contributed by atoms with E-state index in [1.807, 2.05) is 46.4 Å². The van der Waals surface area contributed by atoms with E-state index < -0.39 is 40.0 Å². The number of nitriles is 1. The van der Waals surface area contributed by atoms with Crippen molar-refractivity contribution < 1.29 is 44.5 Å². The van der Waals surface area contributed by atoms with Crippen LogP contribution in [0, 0.1) is 24.1 Å². The molecular formula is C35H35F2IN7O3-. The Kier molecular flexibility index (Phi) is 9.65. The van der Waals surface area contributed by atoms with E-state index in [1.165, 1.54) is 12.2 Å². The quantitative estimate of drug-likeness (QED) is 0.0599. The summed E-state index contributed by atoms with van der Waals surface area (Å²) in [5.74, 6) is -0.427. The van der Waals surface area contributed by atoms with Crippen LogP contribution in [0.5, 0.6) is 6.01 Å². The van der Waals surface area contributed by atoms with Gasteiger partial charge in [-0.25, -0.2) is 0 Å². The summed E-state index contributed by atoms with van der Waals surface area (Å²) >= 11 is -0.876. The first-order valence-corrected chi connectivity index (χ1v) is 18.5. The van der Waals surface area contributed by atoms with Crippen LogP contribution in [-0.2, 0) is 9.53 Å². The van der Waals surface area contributed by atoms with Crippen LogP contribution in [-0.4, -0.2) is 92.9 Å². The van der Waals surface area contributed by atoms with Gasteiger partial charge in [0.25, 0.3) is 0 Å². The van der Waals surface area contributed by atoms with E-state index >= 15 is 4.39 Å². The molecule has 7 rings (SSSR count). The van der Waals surface area contributed by atoms with E-state index in [4.69, 9.17) is 14.5 Å². The van der Waals surface area contributed by atoms with E-state index in [9.17, 15) is 14.4 Å². The molecule has 0 unspecified atom stereocenters. The third-order valence-electron chi connectivity index (χ3n) is 9.17. The SMILES string of the molecule is Cc1cccc2cccc(-c3ncc4c(N5C[C@H](CC#N)N(C(=O)/C=C/CF)C[I-]5)nc(OCCCN5C[C@@H]6C[C@H]5CO6)nc4c3F)c12. The monoisotopic (exact) mass is 766 g/mol. The van der Waals surface area contributed by atoms with E-state index in [0.717, 1.165) is 48.9 Å². The number of allylic oxidation sites excluding steroid dienone is 1. The number of hydrogen-bond donors (Lipinski definition) is 0. The summed E-state index contributed by atoms with van der Waals surface area (Å²) < 4.78 is 43.7. The molecule has 0 saturated carbocycles. The van der Waals surface area contributed by atoms with Gasteiger partial charge in [0.15, 0.2) is 0 Å². The van der Waals surface area contributed by atoms with Gasteiger partial charge in [-0.3, -0.25) is 0 Å². The van der Waals surface area contributed by atoms with Gasteiger partial charge in [0, 0.05) is 0 Å². The number of hydrogen-bond acceptors (Lipinski definition) is 9. The van der Waals surface area contributed by atoms with Crippen molar-refractivity contribution in [1.29, 1.82) is 5.26 Å². The fraction of sp³-hybridized carbons (Fsp3) is 0.400. The minimum absolute atomic E-state index is 0.0687. The zero-order chi connectivity index (χ0) is 33.2. The van der Waals surface area contributed by atoms with Crippen LogP contribution in [0.15, 0.2) is 54.7 Å². The number of rotatable bonds is 10. The van der Waals surface area contributed by atoms with Gasteiger partial charge >= 0.3 is 289 Å². The van der Waals surface area contributed by atoms with Crippen LogP contribution in [0.2, 0.25) is 0 Å². The second kappa shape index (κ2) is 14.2. The van der Waals surface area contributed by atoms with Gasteiger partial charge in [-0.1, -0.05) is 0 Å². The molecule has 5 heterocycles. The van der Waals surface area contributed by atoms with Crippen LogP contribution in [0.25, 0.3) is 32.9 Å². The zero-order valence-electron chi connectivity index (χ0n) is 26.5. The molecule has 2 bridgehead atoms. The van der Waals surface area contributed by atoms with Crippen molar-refractivity contribution in [3.05, 3.63) is 66.1 Å². The van der Waals surface area contributed by atoms with Crippen LogP contribution < -0.4 is 29.3 Å². The molecule has 0 spiro atoms. The molecule has 0 radical (unpaired) electrons. The van der Waals surface area contributed by atoms with Gasteiger partial charge in [0.05, 0.1) is 0 Å². The van der Waals surface area contributed by atoms with Crippen molar-refractivity contribution in [1.82, 2.24) is 24.8 Å². The number of benzene rings is 2. The molecule has 3 atom stereocenters. The Morgan fingerprint density at radius 1 is 1.23 bits per heavy atom. The first kappa shape index (κ1) is 32.5. The predicted octanol–water partition coefficient (Wildman–Crippen LogP) is 1.95. The fourth-order valence-electron chi connectivity index (χ4n) is 6.82. The van der Waals surface area contributed by atoms with E-state index in [2.05, 4.69) is 20.9 Å². The number of nitrogens with zero attached hydrogens (tertiary/aromatic N) is 7.